The molecule has 1 fully saturated rings. The van der Waals surface area contributed by atoms with Crippen molar-refractivity contribution in [2.75, 3.05) is 35.3 Å². The summed E-state index contributed by atoms with van der Waals surface area (Å²) in [6.45, 7) is 6.04. The van der Waals surface area contributed by atoms with Crippen LogP contribution in [0.2, 0.25) is 0 Å². The molecule has 0 spiro atoms. The highest BCUT2D eigenvalue weighted by Gasteiger charge is 2.39. The average molecular weight is 425 g/mol. The second-order valence-electron chi connectivity index (χ2n) is 8.16. The van der Waals surface area contributed by atoms with E-state index < -0.39 is 27.9 Å². The minimum Gasteiger partial charge on any atom is -0.444 e. The lowest BCUT2D eigenvalue weighted by Crippen LogP contribution is -2.49. The molecule has 0 bridgehead atoms. The van der Waals surface area contributed by atoms with Gasteiger partial charge >= 0.3 is 16.3 Å². The molecule has 0 aromatic heterocycles. The van der Waals surface area contributed by atoms with Gasteiger partial charge in [-0.05, 0) is 45.7 Å². The molecule has 1 atom stereocenters. The van der Waals surface area contributed by atoms with E-state index >= 15 is 0 Å². The van der Waals surface area contributed by atoms with Gasteiger partial charge in [0.1, 0.15) is 11.6 Å². The molecule has 1 aromatic carbocycles. The van der Waals surface area contributed by atoms with Crippen LogP contribution in [0.25, 0.3) is 0 Å². The summed E-state index contributed by atoms with van der Waals surface area (Å²) in [5.74, 6) is -0.299. The Kier molecular flexibility index (Phi) is 5.66. The lowest BCUT2D eigenvalue weighted by Gasteiger charge is -2.28. The Balaban J connectivity index is 1.61. The Morgan fingerprint density at radius 1 is 1.21 bits per heavy atom. The second-order valence-corrected chi connectivity index (χ2v) is 10.0. The van der Waals surface area contributed by atoms with Gasteiger partial charge < -0.3 is 10.1 Å². The third-order valence-corrected chi connectivity index (χ3v) is 6.74. The van der Waals surface area contributed by atoms with Crippen LogP contribution >= 0.6 is 0 Å². The van der Waals surface area contributed by atoms with Gasteiger partial charge in [0, 0.05) is 20.1 Å². The van der Waals surface area contributed by atoms with Crippen LogP contribution < -0.4 is 13.9 Å². The highest BCUT2D eigenvalue weighted by atomic mass is 32.2. The Morgan fingerprint density at radius 2 is 1.86 bits per heavy atom. The van der Waals surface area contributed by atoms with Gasteiger partial charge in [-0.15, -0.1) is 0 Å². The molecule has 1 saturated heterocycles. The Morgan fingerprint density at radius 3 is 2.52 bits per heavy atom. The molecule has 29 heavy (non-hydrogen) atoms. The van der Waals surface area contributed by atoms with Gasteiger partial charge in [0.05, 0.1) is 17.9 Å². The number of nitrogens with one attached hydrogen (secondary N) is 1. The molecule has 0 unspecified atom stereocenters. The van der Waals surface area contributed by atoms with E-state index in [-0.39, 0.29) is 19.0 Å². The SMILES string of the molecule is CN1c2ccccc2N(CCNC(=O)[C@@H]2CCCN2C(=O)OC(C)(C)C)S1(=O)=O. The van der Waals surface area contributed by atoms with Crippen LogP contribution in [0.3, 0.4) is 0 Å². The van der Waals surface area contributed by atoms with Crippen molar-refractivity contribution in [3.63, 3.8) is 0 Å². The van der Waals surface area contributed by atoms with Crippen molar-refractivity contribution in [1.82, 2.24) is 10.2 Å². The van der Waals surface area contributed by atoms with E-state index in [1.165, 1.54) is 20.6 Å². The van der Waals surface area contributed by atoms with Crippen molar-refractivity contribution >= 4 is 33.6 Å². The molecule has 0 aliphatic carbocycles. The van der Waals surface area contributed by atoms with Crippen molar-refractivity contribution in [1.29, 1.82) is 0 Å². The fourth-order valence-electron chi connectivity index (χ4n) is 3.55. The first kappa shape index (κ1) is 21.2. The molecule has 1 N–H and O–H groups in total. The predicted molar refractivity (Wildman–Crippen MR) is 110 cm³/mol. The summed E-state index contributed by atoms with van der Waals surface area (Å²) in [6, 6.07) is 6.43. The number of hydrogen-bond donors (Lipinski definition) is 1. The average Bonchev–Trinajstić information content (AvgIpc) is 3.19. The number of hydrogen-bond acceptors (Lipinski definition) is 5. The maximum Gasteiger partial charge on any atom is 0.410 e. The van der Waals surface area contributed by atoms with Crippen LogP contribution in [0.1, 0.15) is 33.6 Å². The van der Waals surface area contributed by atoms with Gasteiger partial charge in [0.2, 0.25) is 5.91 Å². The molecular formula is C19H28N4O5S. The fraction of sp³-hybridized carbons (Fsp3) is 0.579. The van der Waals surface area contributed by atoms with Crippen LogP contribution in [0.5, 0.6) is 0 Å². The number of fused-ring (bicyclic) bond motifs is 1. The minimum atomic E-state index is -3.66. The number of carbonyl (C=O) groups excluding carboxylic acids is 2. The maximum absolute atomic E-state index is 12.6. The Bertz CT molecular complexity index is 896. The van der Waals surface area contributed by atoms with Gasteiger partial charge in [-0.1, -0.05) is 12.1 Å². The molecule has 2 aliphatic rings. The van der Waals surface area contributed by atoms with E-state index in [1.54, 1.807) is 45.0 Å². The fourth-order valence-corrected chi connectivity index (χ4v) is 4.97. The van der Waals surface area contributed by atoms with Crippen molar-refractivity contribution in [2.45, 2.75) is 45.3 Å². The lowest BCUT2D eigenvalue weighted by molar-refractivity contribution is -0.125. The van der Waals surface area contributed by atoms with E-state index in [0.29, 0.717) is 24.3 Å². The van der Waals surface area contributed by atoms with Crippen molar-refractivity contribution < 1.29 is 22.7 Å². The normalized spacial score (nSPS) is 20.6. The van der Waals surface area contributed by atoms with Crippen molar-refractivity contribution in [3.05, 3.63) is 24.3 Å². The molecule has 0 radical (unpaired) electrons. The van der Waals surface area contributed by atoms with Gasteiger partial charge in [-0.2, -0.15) is 8.42 Å². The van der Waals surface area contributed by atoms with Crippen LogP contribution in [-0.2, 0) is 19.7 Å². The summed E-state index contributed by atoms with van der Waals surface area (Å²) < 4.78 is 33.1. The van der Waals surface area contributed by atoms with E-state index in [9.17, 15) is 18.0 Å². The van der Waals surface area contributed by atoms with Crippen molar-refractivity contribution in [2.24, 2.45) is 0 Å². The minimum absolute atomic E-state index is 0.106. The molecule has 2 heterocycles. The Labute approximate surface area is 171 Å². The Hall–Kier alpha value is -2.49. The molecular weight excluding hydrogens is 396 g/mol. The summed E-state index contributed by atoms with van der Waals surface area (Å²) >= 11 is 0. The second kappa shape index (κ2) is 7.74. The molecule has 2 aliphatic heterocycles. The van der Waals surface area contributed by atoms with Gasteiger partial charge in [0.25, 0.3) is 0 Å². The van der Waals surface area contributed by atoms with Gasteiger partial charge in [-0.25, -0.2) is 9.10 Å². The molecule has 2 amide bonds. The number of ether oxygens (including phenoxy) is 1. The van der Waals surface area contributed by atoms with Crippen LogP contribution in [0, 0.1) is 0 Å². The zero-order valence-corrected chi connectivity index (χ0v) is 18.0. The molecule has 10 heteroatoms. The number of nitrogens with zero attached hydrogens (tertiary/aromatic N) is 3. The topological polar surface area (TPSA) is 99.3 Å². The van der Waals surface area contributed by atoms with E-state index in [1.807, 2.05) is 0 Å². The van der Waals surface area contributed by atoms with Gasteiger partial charge in [-0.3, -0.25) is 14.0 Å². The number of anilines is 2. The van der Waals surface area contributed by atoms with Crippen LogP contribution in [0.4, 0.5) is 16.2 Å². The molecule has 3 rings (SSSR count). The number of benzene rings is 1. The zero-order chi connectivity index (χ0) is 21.4. The largest absolute Gasteiger partial charge is 0.444 e. The number of para-hydroxylation sites is 2. The summed E-state index contributed by atoms with van der Waals surface area (Å²) in [5, 5.41) is 2.77. The lowest BCUT2D eigenvalue weighted by atomic mass is 10.2. The summed E-state index contributed by atoms with van der Waals surface area (Å²) in [5.41, 5.74) is 0.552. The number of likely N-dealkylation sites (tertiary alicyclic amines) is 1. The summed E-state index contributed by atoms with van der Waals surface area (Å²) in [4.78, 5) is 26.4. The first-order valence-electron chi connectivity index (χ1n) is 9.65. The number of carbonyl (C=O) groups is 2. The standard InChI is InChI=1S/C19H28N4O5S/c1-19(2,3)28-18(25)22-12-7-10-16(22)17(24)20-11-13-23-15-9-6-5-8-14(15)21(4)29(23,26)27/h5-6,8-9,16H,7,10-13H2,1-4H3,(H,20,24)/t16-/m0/s1. The van der Waals surface area contributed by atoms with E-state index in [2.05, 4.69) is 5.32 Å². The molecule has 160 valence electrons. The zero-order valence-electron chi connectivity index (χ0n) is 17.2. The third-order valence-electron chi connectivity index (χ3n) is 4.91. The number of rotatable bonds is 4. The maximum atomic E-state index is 12.6. The van der Waals surface area contributed by atoms with E-state index in [4.69, 9.17) is 4.74 Å². The molecule has 0 saturated carbocycles. The summed E-state index contributed by atoms with van der Waals surface area (Å²) in [7, 11) is -2.15. The van der Waals surface area contributed by atoms with E-state index in [0.717, 1.165) is 6.42 Å². The highest BCUT2D eigenvalue weighted by Crippen LogP contribution is 2.39. The van der Waals surface area contributed by atoms with Crippen molar-refractivity contribution in [3.8, 4) is 0 Å². The first-order chi connectivity index (χ1) is 13.5. The number of amides is 2. The quantitative estimate of drug-likeness (QED) is 0.793. The van der Waals surface area contributed by atoms with Gasteiger partial charge in [0.15, 0.2) is 0 Å². The first-order valence-corrected chi connectivity index (χ1v) is 11.0. The summed E-state index contributed by atoms with van der Waals surface area (Å²) in [6.07, 6.45) is 0.766. The third kappa shape index (κ3) is 4.26. The highest BCUT2D eigenvalue weighted by molar-refractivity contribution is 7.94. The monoisotopic (exact) mass is 424 g/mol. The van der Waals surface area contributed by atoms with Crippen LogP contribution in [-0.4, -0.2) is 63.6 Å². The smallest absolute Gasteiger partial charge is 0.410 e. The molecule has 9 nitrogen and oxygen atoms in total. The predicted octanol–water partition coefficient (Wildman–Crippen LogP) is 1.70. The molecule has 1 aromatic rings. The van der Waals surface area contributed by atoms with Crippen LogP contribution in [0.15, 0.2) is 24.3 Å².